The first-order valence-corrected chi connectivity index (χ1v) is 6.40. The van der Waals surface area contributed by atoms with Crippen molar-refractivity contribution in [3.63, 3.8) is 0 Å². The molecule has 0 aliphatic heterocycles. The van der Waals surface area contributed by atoms with Crippen molar-refractivity contribution in [2.45, 2.75) is 6.42 Å². The predicted molar refractivity (Wildman–Crippen MR) is 76.4 cm³/mol. The number of carbonyl (C=O) groups is 1. The zero-order valence-corrected chi connectivity index (χ0v) is 11.2. The third-order valence-electron chi connectivity index (χ3n) is 2.75. The van der Waals surface area contributed by atoms with Crippen LogP contribution in [0.25, 0.3) is 0 Å². The van der Waals surface area contributed by atoms with Crippen molar-refractivity contribution in [3.05, 3.63) is 71.3 Å². The van der Waals surface area contributed by atoms with Gasteiger partial charge in [-0.15, -0.1) is 0 Å². The molecule has 0 unspecified atom stereocenters. The SMILES string of the molecule is O=C(Cc1ccc(F)cc1)NCC#Cc1ccccc1F. The van der Waals surface area contributed by atoms with Gasteiger partial charge in [0.05, 0.1) is 18.5 Å². The van der Waals surface area contributed by atoms with Crippen LogP contribution in [0.2, 0.25) is 0 Å². The average Bonchev–Trinajstić information content (AvgIpc) is 2.48. The Labute approximate surface area is 121 Å². The predicted octanol–water partition coefficient (Wildman–Crippen LogP) is 2.68. The van der Waals surface area contributed by atoms with Crippen LogP contribution in [-0.4, -0.2) is 12.5 Å². The fraction of sp³-hybridized carbons (Fsp3) is 0.118. The highest BCUT2D eigenvalue weighted by Gasteiger charge is 2.02. The molecule has 1 N–H and O–H groups in total. The summed E-state index contributed by atoms with van der Waals surface area (Å²) < 4.78 is 26.0. The Morgan fingerprint density at radius 1 is 1.05 bits per heavy atom. The topological polar surface area (TPSA) is 29.1 Å². The summed E-state index contributed by atoms with van der Waals surface area (Å²) in [6.07, 6.45) is 0.154. The van der Waals surface area contributed by atoms with Gasteiger partial charge in [0, 0.05) is 0 Å². The minimum Gasteiger partial charge on any atom is -0.345 e. The van der Waals surface area contributed by atoms with Crippen LogP contribution in [0, 0.1) is 23.5 Å². The number of halogens is 2. The summed E-state index contributed by atoms with van der Waals surface area (Å²) in [6.45, 7) is 0.133. The van der Waals surface area contributed by atoms with Gasteiger partial charge in [-0.1, -0.05) is 36.1 Å². The molecule has 0 saturated heterocycles. The molecular formula is C17H13F2NO. The van der Waals surface area contributed by atoms with Crippen LogP contribution in [0.4, 0.5) is 8.78 Å². The lowest BCUT2D eigenvalue weighted by Gasteiger charge is -2.01. The van der Waals surface area contributed by atoms with E-state index >= 15 is 0 Å². The largest absolute Gasteiger partial charge is 0.345 e. The van der Waals surface area contributed by atoms with E-state index in [0.29, 0.717) is 5.56 Å². The fourth-order valence-electron chi connectivity index (χ4n) is 1.69. The van der Waals surface area contributed by atoms with Crippen molar-refractivity contribution >= 4 is 5.91 Å². The summed E-state index contributed by atoms with van der Waals surface area (Å²) in [5.41, 5.74) is 1.02. The van der Waals surface area contributed by atoms with Gasteiger partial charge in [0.15, 0.2) is 0 Å². The van der Waals surface area contributed by atoms with Gasteiger partial charge < -0.3 is 5.32 Å². The molecule has 2 aromatic rings. The lowest BCUT2D eigenvalue weighted by molar-refractivity contribution is -0.120. The first-order chi connectivity index (χ1) is 10.1. The van der Waals surface area contributed by atoms with Crippen molar-refractivity contribution in [1.82, 2.24) is 5.32 Å². The Bertz CT molecular complexity index is 684. The van der Waals surface area contributed by atoms with Crippen molar-refractivity contribution in [2.24, 2.45) is 0 Å². The first kappa shape index (κ1) is 14.7. The molecule has 0 fully saturated rings. The molecule has 0 saturated carbocycles. The molecule has 2 nitrogen and oxygen atoms in total. The molecule has 0 aliphatic carbocycles. The van der Waals surface area contributed by atoms with Gasteiger partial charge in [0.1, 0.15) is 11.6 Å². The molecule has 4 heteroatoms. The normalized spacial score (nSPS) is 9.62. The van der Waals surface area contributed by atoms with Crippen molar-refractivity contribution in [1.29, 1.82) is 0 Å². The zero-order valence-electron chi connectivity index (χ0n) is 11.2. The van der Waals surface area contributed by atoms with Gasteiger partial charge in [-0.05, 0) is 29.8 Å². The fourth-order valence-corrected chi connectivity index (χ4v) is 1.69. The minimum absolute atomic E-state index is 0.133. The minimum atomic E-state index is -0.386. The monoisotopic (exact) mass is 285 g/mol. The molecule has 0 aliphatic rings. The molecule has 0 radical (unpaired) electrons. The molecule has 2 aromatic carbocycles. The van der Waals surface area contributed by atoms with Gasteiger partial charge in [-0.25, -0.2) is 8.78 Å². The average molecular weight is 285 g/mol. The molecule has 106 valence electrons. The van der Waals surface area contributed by atoms with Crippen molar-refractivity contribution in [2.75, 3.05) is 6.54 Å². The first-order valence-electron chi connectivity index (χ1n) is 6.40. The van der Waals surface area contributed by atoms with E-state index in [0.717, 1.165) is 5.56 Å². The number of nitrogens with one attached hydrogen (secondary N) is 1. The maximum absolute atomic E-state index is 13.3. The summed E-state index contributed by atoms with van der Waals surface area (Å²) in [6, 6.07) is 11.9. The number of benzene rings is 2. The van der Waals surface area contributed by atoms with Gasteiger partial charge >= 0.3 is 0 Å². The lowest BCUT2D eigenvalue weighted by Crippen LogP contribution is -2.25. The maximum atomic E-state index is 13.3. The van der Waals surface area contributed by atoms with Crippen molar-refractivity contribution in [3.8, 4) is 11.8 Å². The van der Waals surface area contributed by atoms with Crippen molar-refractivity contribution < 1.29 is 13.6 Å². The van der Waals surface area contributed by atoms with Crippen LogP contribution < -0.4 is 5.32 Å². The summed E-state index contributed by atoms with van der Waals surface area (Å²) in [7, 11) is 0. The van der Waals surface area contributed by atoms with Gasteiger partial charge in [-0.3, -0.25) is 4.79 Å². The Balaban J connectivity index is 1.83. The summed E-state index contributed by atoms with van der Waals surface area (Å²) >= 11 is 0. The van der Waals surface area contributed by atoms with Crippen LogP contribution in [0.1, 0.15) is 11.1 Å². The number of hydrogen-bond donors (Lipinski definition) is 1. The number of rotatable bonds is 3. The second-order valence-electron chi connectivity index (χ2n) is 4.36. The Morgan fingerprint density at radius 3 is 2.48 bits per heavy atom. The van der Waals surface area contributed by atoms with Gasteiger partial charge in [-0.2, -0.15) is 0 Å². The van der Waals surface area contributed by atoms with E-state index < -0.39 is 0 Å². The molecule has 0 atom stereocenters. The second-order valence-corrected chi connectivity index (χ2v) is 4.36. The summed E-state index contributed by atoms with van der Waals surface area (Å²) in [4.78, 5) is 11.6. The second kappa shape index (κ2) is 7.20. The van der Waals surface area contributed by atoms with Gasteiger partial charge in [0.25, 0.3) is 0 Å². The highest BCUT2D eigenvalue weighted by molar-refractivity contribution is 5.78. The molecule has 0 aromatic heterocycles. The number of hydrogen-bond acceptors (Lipinski definition) is 1. The zero-order chi connectivity index (χ0) is 15.1. The number of carbonyl (C=O) groups excluding carboxylic acids is 1. The van der Waals surface area contributed by atoms with E-state index in [1.807, 2.05) is 0 Å². The molecule has 21 heavy (non-hydrogen) atoms. The van der Waals surface area contributed by atoms with E-state index in [1.54, 1.807) is 30.3 Å². The Morgan fingerprint density at radius 2 is 1.76 bits per heavy atom. The molecule has 1 amide bonds. The van der Waals surface area contributed by atoms with E-state index in [1.165, 1.54) is 18.2 Å². The Hall–Kier alpha value is -2.67. The maximum Gasteiger partial charge on any atom is 0.225 e. The Kier molecular flexibility index (Phi) is 5.05. The van der Waals surface area contributed by atoms with Gasteiger partial charge in [0.2, 0.25) is 5.91 Å². The third kappa shape index (κ3) is 4.73. The standard InChI is InChI=1S/C17H13F2NO/c18-15-9-7-13(8-10-15)12-17(21)20-11-3-5-14-4-1-2-6-16(14)19/h1-2,4,6-10H,11-12H2,(H,20,21). The molecular weight excluding hydrogens is 272 g/mol. The molecule has 2 rings (SSSR count). The smallest absolute Gasteiger partial charge is 0.225 e. The van der Waals surface area contributed by atoms with E-state index in [9.17, 15) is 13.6 Å². The highest BCUT2D eigenvalue weighted by atomic mass is 19.1. The van der Waals surface area contributed by atoms with E-state index in [4.69, 9.17) is 0 Å². The van der Waals surface area contributed by atoms with Crippen LogP contribution in [-0.2, 0) is 11.2 Å². The summed E-state index contributed by atoms with van der Waals surface area (Å²) in [5.74, 6) is 4.39. The van der Waals surface area contributed by atoms with Crippen LogP contribution in [0.3, 0.4) is 0 Å². The summed E-state index contributed by atoms with van der Waals surface area (Å²) in [5, 5.41) is 2.61. The quantitative estimate of drug-likeness (QED) is 0.863. The lowest BCUT2D eigenvalue weighted by atomic mass is 10.1. The molecule has 0 spiro atoms. The van der Waals surface area contributed by atoms with E-state index in [2.05, 4.69) is 17.2 Å². The highest BCUT2D eigenvalue weighted by Crippen LogP contribution is 2.04. The van der Waals surface area contributed by atoms with Crippen LogP contribution in [0.15, 0.2) is 48.5 Å². The molecule has 0 bridgehead atoms. The third-order valence-corrected chi connectivity index (χ3v) is 2.75. The van der Waals surface area contributed by atoms with Crippen LogP contribution in [0.5, 0.6) is 0 Å². The molecule has 0 heterocycles. The number of amides is 1. The van der Waals surface area contributed by atoms with E-state index in [-0.39, 0.29) is 30.5 Å². The van der Waals surface area contributed by atoms with Crippen LogP contribution >= 0.6 is 0 Å².